The molecule has 1 atom stereocenters. The minimum atomic E-state index is -0.111. The van der Waals surface area contributed by atoms with E-state index >= 15 is 0 Å². The maximum absolute atomic E-state index is 6.06. The first-order valence-electron chi connectivity index (χ1n) is 7.43. The molecule has 1 aromatic carbocycles. The van der Waals surface area contributed by atoms with E-state index in [4.69, 9.17) is 9.15 Å². The number of ether oxygens (including phenoxy) is 1. The molecule has 2 aromatic rings. The molecular formula is C17H24BrNO2. The second kappa shape index (κ2) is 6.95. The molecule has 0 bridgehead atoms. The zero-order valence-electron chi connectivity index (χ0n) is 13.2. The van der Waals surface area contributed by atoms with Gasteiger partial charge in [-0.25, -0.2) is 0 Å². The lowest BCUT2D eigenvalue weighted by molar-refractivity contribution is 0.0113. The Bertz CT molecular complexity index is 591. The highest BCUT2D eigenvalue weighted by atomic mass is 79.9. The molecule has 0 radical (unpaired) electrons. The lowest BCUT2D eigenvalue weighted by Crippen LogP contribution is -2.27. The van der Waals surface area contributed by atoms with Crippen LogP contribution in [0.4, 0.5) is 0 Å². The number of methoxy groups -OCH3 is 1. The summed E-state index contributed by atoms with van der Waals surface area (Å²) in [6, 6.07) is 8.46. The Kier molecular flexibility index (Phi) is 5.47. The summed E-state index contributed by atoms with van der Waals surface area (Å²) in [6.45, 7) is 7.26. The molecule has 1 heterocycles. The predicted octanol–water partition coefficient (Wildman–Crippen LogP) is 5.05. The standard InChI is InChI=1S/C17H24BrNO2/c1-5-19-14(9-10-17(2,3)20-4)15-11-12-7-6-8-13(18)16(12)21-15/h6-8,11,14,19H,5,9-10H2,1-4H3. The summed E-state index contributed by atoms with van der Waals surface area (Å²) in [5.74, 6) is 0.991. The number of furan rings is 1. The molecule has 0 aliphatic heterocycles. The first-order chi connectivity index (χ1) is 9.96. The topological polar surface area (TPSA) is 34.4 Å². The van der Waals surface area contributed by atoms with E-state index in [0.29, 0.717) is 0 Å². The van der Waals surface area contributed by atoms with Crippen LogP contribution in [0.2, 0.25) is 0 Å². The van der Waals surface area contributed by atoms with E-state index in [-0.39, 0.29) is 11.6 Å². The highest BCUT2D eigenvalue weighted by molar-refractivity contribution is 9.10. The van der Waals surface area contributed by atoms with E-state index in [2.05, 4.69) is 54.2 Å². The van der Waals surface area contributed by atoms with Crippen LogP contribution in [0.3, 0.4) is 0 Å². The van der Waals surface area contributed by atoms with Crippen molar-refractivity contribution in [2.24, 2.45) is 0 Å². The summed E-state index contributed by atoms with van der Waals surface area (Å²) in [5, 5.41) is 4.64. The number of halogens is 1. The van der Waals surface area contributed by atoms with Crippen molar-refractivity contribution in [3.63, 3.8) is 0 Å². The van der Waals surface area contributed by atoms with Crippen LogP contribution in [-0.2, 0) is 4.74 Å². The Morgan fingerprint density at radius 3 is 2.76 bits per heavy atom. The number of hydrogen-bond acceptors (Lipinski definition) is 3. The van der Waals surface area contributed by atoms with Crippen molar-refractivity contribution in [3.8, 4) is 0 Å². The molecule has 0 saturated carbocycles. The van der Waals surface area contributed by atoms with Gasteiger partial charge < -0.3 is 14.5 Å². The van der Waals surface area contributed by atoms with Crippen LogP contribution in [0, 0.1) is 0 Å². The molecule has 0 saturated heterocycles. The summed E-state index contributed by atoms with van der Waals surface area (Å²) in [4.78, 5) is 0. The molecule has 1 N–H and O–H groups in total. The molecule has 0 aliphatic carbocycles. The highest BCUT2D eigenvalue weighted by Gasteiger charge is 2.22. The van der Waals surface area contributed by atoms with E-state index in [1.54, 1.807) is 7.11 Å². The van der Waals surface area contributed by atoms with Crippen molar-refractivity contribution in [2.75, 3.05) is 13.7 Å². The van der Waals surface area contributed by atoms with Gasteiger partial charge >= 0.3 is 0 Å². The van der Waals surface area contributed by atoms with E-state index in [9.17, 15) is 0 Å². The molecule has 4 heteroatoms. The van der Waals surface area contributed by atoms with Crippen LogP contribution < -0.4 is 5.32 Å². The quantitative estimate of drug-likeness (QED) is 0.755. The maximum atomic E-state index is 6.06. The first-order valence-corrected chi connectivity index (χ1v) is 8.22. The zero-order chi connectivity index (χ0) is 15.5. The van der Waals surface area contributed by atoms with Crippen molar-refractivity contribution in [1.29, 1.82) is 0 Å². The minimum Gasteiger partial charge on any atom is -0.458 e. The fourth-order valence-corrected chi connectivity index (χ4v) is 2.87. The van der Waals surface area contributed by atoms with Gasteiger partial charge in [-0.05, 0) is 61.3 Å². The Balaban J connectivity index is 2.21. The molecule has 0 amide bonds. The number of rotatable bonds is 7. The average molecular weight is 354 g/mol. The van der Waals surface area contributed by atoms with E-state index in [0.717, 1.165) is 40.6 Å². The molecule has 2 rings (SSSR count). The summed E-state index contributed by atoms with van der Waals surface area (Å²) in [7, 11) is 1.76. The summed E-state index contributed by atoms with van der Waals surface area (Å²) >= 11 is 3.55. The summed E-state index contributed by atoms with van der Waals surface area (Å²) in [6.07, 6.45) is 1.95. The van der Waals surface area contributed by atoms with Gasteiger partial charge in [0, 0.05) is 12.5 Å². The average Bonchev–Trinajstić information content (AvgIpc) is 2.89. The lowest BCUT2D eigenvalue weighted by Gasteiger charge is -2.25. The maximum Gasteiger partial charge on any atom is 0.148 e. The first kappa shape index (κ1) is 16.5. The third-order valence-corrected chi connectivity index (χ3v) is 4.52. The van der Waals surface area contributed by atoms with Crippen LogP contribution in [0.25, 0.3) is 11.0 Å². The fourth-order valence-electron chi connectivity index (χ4n) is 2.40. The molecule has 3 nitrogen and oxygen atoms in total. The number of hydrogen-bond donors (Lipinski definition) is 1. The number of para-hydroxylation sites is 1. The molecule has 21 heavy (non-hydrogen) atoms. The molecule has 1 aromatic heterocycles. The molecule has 0 aliphatic rings. The second-order valence-corrected chi connectivity index (χ2v) is 6.77. The van der Waals surface area contributed by atoms with E-state index in [1.807, 2.05) is 12.1 Å². The van der Waals surface area contributed by atoms with Crippen molar-refractivity contribution in [2.45, 2.75) is 45.3 Å². The van der Waals surface area contributed by atoms with Gasteiger partial charge in [-0.15, -0.1) is 0 Å². The Hall–Kier alpha value is -0.840. The van der Waals surface area contributed by atoms with Crippen LogP contribution in [0.1, 0.15) is 45.4 Å². The second-order valence-electron chi connectivity index (χ2n) is 5.92. The normalized spacial score (nSPS) is 13.8. The fraction of sp³-hybridized carbons (Fsp3) is 0.529. The van der Waals surface area contributed by atoms with Gasteiger partial charge in [-0.3, -0.25) is 0 Å². The van der Waals surface area contributed by atoms with Gasteiger partial charge in [-0.2, -0.15) is 0 Å². The third-order valence-electron chi connectivity index (χ3n) is 3.90. The predicted molar refractivity (Wildman–Crippen MR) is 90.7 cm³/mol. The Morgan fingerprint density at radius 1 is 1.38 bits per heavy atom. The molecule has 116 valence electrons. The SMILES string of the molecule is CCNC(CCC(C)(C)OC)c1cc2cccc(Br)c2o1. The molecule has 0 fully saturated rings. The van der Waals surface area contributed by atoms with Crippen molar-refractivity contribution < 1.29 is 9.15 Å². The van der Waals surface area contributed by atoms with Gasteiger partial charge in [-0.1, -0.05) is 19.1 Å². The molecule has 0 spiro atoms. The molecular weight excluding hydrogens is 330 g/mol. The van der Waals surface area contributed by atoms with Gasteiger partial charge in [0.2, 0.25) is 0 Å². The Morgan fingerprint density at radius 2 is 2.14 bits per heavy atom. The third kappa shape index (κ3) is 4.09. The van der Waals surface area contributed by atoms with Crippen LogP contribution in [0.5, 0.6) is 0 Å². The number of fused-ring (bicyclic) bond motifs is 1. The van der Waals surface area contributed by atoms with Gasteiger partial charge in [0.15, 0.2) is 0 Å². The number of nitrogens with one attached hydrogen (secondary N) is 1. The van der Waals surface area contributed by atoms with Crippen LogP contribution >= 0.6 is 15.9 Å². The smallest absolute Gasteiger partial charge is 0.148 e. The largest absolute Gasteiger partial charge is 0.458 e. The lowest BCUT2D eigenvalue weighted by atomic mass is 9.97. The van der Waals surface area contributed by atoms with Crippen LogP contribution in [0.15, 0.2) is 33.2 Å². The monoisotopic (exact) mass is 353 g/mol. The van der Waals surface area contributed by atoms with E-state index < -0.39 is 0 Å². The van der Waals surface area contributed by atoms with Crippen LogP contribution in [-0.4, -0.2) is 19.3 Å². The van der Waals surface area contributed by atoms with Gasteiger partial charge in [0.05, 0.1) is 16.1 Å². The summed E-state index contributed by atoms with van der Waals surface area (Å²) < 4.78 is 12.6. The van der Waals surface area contributed by atoms with Crippen molar-refractivity contribution >= 4 is 26.9 Å². The van der Waals surface area contributed by atoms with Gasteiger partial charge in [0.1, 0.15) is 11.3 Å². The van der Waals surface area contributed by atoms with Gasteiger partial charge in [0.25, 0.3) is 0 Å². The zero-order valence-corrected chi connectivity index (χ0v) is 14.8. The van der Waals surface area contributed by atoms with Crippen molar-refractivity contribution in [3.05, 3.63) is 34.5 Å². The van der Waals surface area contributed by atoms with E-state index in [1.165, 1.54) is 0 Å². The molecule has 1 unspecified atom stereocenters. The number of benzene rings is 1. The summed E-state index contributed by atoms with van der Waals surface area (Å²) in [5.41, 5.74) is 0.807. The minimum absolute atomic E-state index is 0.111. The Labute approximate surface area is 135 Å². The highest BCUT2D eigenvalue weighted by Crippen LogP contribution is 2.32. The van der Waals surface area contributed by atoms with Crippen molar-refractivity contribution in [1.82, 2.24) is 5.32 Å².